The van der Waals surface area contributed by atoms with Gasteiger partial charge in [-0.05, 0) is 24.3 Å². The van der Waals surface area contributed by atoms with Crippen molar-refractivity contribution >= 4 is 40.9 Å². The number of anilines is 1. The van der Waals surface area contributed by atoms with Crippen LogP contribution in [-0.4, -0.2) is 37.0 Å². The van der Waals surface area contributed by atoms with Crippen molar-refractivity contribution in [3.63, 3.8) is 0 Å². The van der Waals surface area contributed by atoms with Crippen LogP contribution in [0.5, 0.6) is 0 Å². The molecule has 1 amide bonds. The van der Waals surface area contributed by atoms with Crippen molar-refractivity contribution in [2.45, 2.75) is 0 Å². The molecule has 0 fully saturated rings. The lowest BCUT2D eigenvalue weighted by atomic mass is 10.1. The Morgan fingerprint density at radius 3 is 2.54 bits per heavy atom. The number of rotatable bonds is 5. The molecule has 1 aromatic heterocycles. The zero-order valence-corrected chi connectivity index (χ0v) is 13.8. The van der Waals surface area contributed by atoms with Gasteiger partial charge in [0, 0.05) is 11.5 Å². The predicted octanol–water partition coefficient (Wildman–Crippen LogP) is 2.37. The van der Waals surface area contributed by atoms with E-state index in [-0.39, 0.29) is 16.8 Å². The summed E-state index contributed by atoms with van der Waals surface area (Å²) in [6.45, 7) is 0. The van der Waals surface area contributed by atoms with Crippen LogP contribution < -0.4 is 5.32 Å². The summed E-state index contributed by atoms with van der Waals surface area (Å²) in [7, 11) is 2.47. The Bertz CT molecular complexity index is 784. The molecule has 0 aliphatic heterocycles. The van der Waals surface area contributed by atoms with E-state index in [0.29, 0.717) is 5.69 Å². The second-order valence-electron chi connectivity index (χ2n) is 4.48. The molecule has 0 bridgehead atoms. The van der Waals surface area contributed by atoms with Crippen molar-refractivity contribution in [3.05, 3.63) is 52.0 Å². The number of nitrogens with one attached hydrogen (secondary N) is 1. The number of carbonyl (C=O) groups excluding carboxylic acids is 3. The molecule has 0 aliphatic rings. The second-order valence-corrected chi connectivity index (χ2v) is 5.20. The Morgan fingerprint density at radius 1 is 1.17 bits per heavy atom. The molecule has 124 valence electrons. The molecule has 0 atom stereocenters. The maximum Gasteiger partial charge on any atom is 0.339 e. The van der Waals surface area contributed by atoms with Gasteiger partial charge in [0.05, 0.1) is 42.2 Å². The van der Waals surface area contributed by atoms with E-state index < -0.39 is 17.8 Å². The van der Waals surface area contributed by atoms with Gasteiger partial charge in [0.25, 0.3) is 0 Å². The average molecular weight is 346 g/mol. The summed E-state index contributed by atoms with van der Waals surface area (Å²) < 4.78 is 9.30. The first-order chi connectivity index (χ1) is 11.5. The number of thiazole rings is 1. The van der Waals surface area contributed by atoms with Crippen LogP contribution in [0.4, 0.5) is 5.69 Å². The molecule has 0 spiro atoms. The fourth-order valence-electron chi connectivity index (χ4n) is 1.82. The maximum atomic E-state index is 12.0. The lowest BCUT2D eigenvalue weighted by Gasteiger charge is -2.10. The van der Waals surface area contributed by atoms with Gasteiger partial charge in [-0.1, -0.05) is 0 Å². The van der Waals surface area contributed by atoms with Crippen LogP contribution >= 0.6 is 11.3 Å². The first-order valence-corrected chi connectivity index (χ1v) is 7.67. The number of methoxy groups -OCH3 is 2. The van der Waals surface area contributed by atoms with Crippen molar-refractivity contribution in [2.24, 2.45) is 0 Å². The van der Waals surface area contributed by atoms with E-state index in [1.54, 1.807) is 10.9 Å². The molecular weight excluding hydrogens is 332 g/mol. The number of ether oxygens (including phenoxy) is 2. The van der Waals surface area contributed by atoms with E-state index in [1.165, 1.54) is 55.9 Å². The van der Waals surface area contributed by atoms with Gasteiger partial charge in [0.2, 0.25) is 5.91 Å². The molecular formula is C16H14N2O5S. The van der Waals surface area contributed by atoms with E-state index in [9.17, 15) is 14.4 Å². The Balaban J connectivity index is 2.26. The highest BCUT2D eigenvalue weighted by Gasteiger charge is 2.16. The number of benzene rings is 1. The number of carbonyl (C=O) groups is 3. The number of esters is 2. The molecule has 1 aromatic carbocycles. The first kappa shape index (κ1) is 17.4. The summed E-state index contributed by atoms with van der Waals surface area (Å²) in [5.74, 6) is -1.69. The van der Waals surface area contributed by atoms with Crippen molar-refractivity contribution < 1.29 is 23.9 Å². The molecule has 0 saturated heterocycles. The second kappa shape index (κ2) is 8.02. The fourth-order valence-corrected chi connectivity index (χ4v) is 2.34. The zero-order valence-electron chi connectivity index (χ0n) is 12.9. The summed E-state index contributed by atoms with van der Waals surface area (Å²) >= 11 is 1.41. The van der Waals surface area contributed by atoms with Crippen molar-refractivity contribution in [1.82, 2.24) is 4.98 Å². The fraction of sp³-hybridized carbons (Fsp3) is 0.125. The van der Waals surface area contributed by atoms with Crippen LogP contribution in [0, 0.1) is 0 Å². The monoisotopic (exact) mass is 346 g/mol. The predicted molar refractivity (Wildman–Crippen MR) is 88.9 cm³/mol. The number of aromatic nitrogens is 1. The van der Waals surface area contributed by atoms with Crippen molar-refractivity contribution in [1.29, 1.82) is 0 Å². The number of amides is 1. The van der Waals surface area contributed by atoms with Crippen molar-refractivity contribution in [2.75, 3.05) is 19.5 Å². The molecule has 1 heterocycles. The molecule has 2 aromatic rings. The van der Waals surface area contributed by atoms with Gasteiger partial charge in [-0.2, -0.15) is 0 Å². The summed E-state index contributed by atoms with van der Waals surface area (Å²) in [5.41, 5.74) is 2.76. The quantitative estimate of drug-likeness (QED) is 0.660. The summed E-state index contributed by atoms with van der Waals surface area (Å²) in [6.07, 6.45) is 2.81. The molecule has 24 heavy (non-hydrogen) atoms. The third-order valence-corrected chi connectivity index (χ3v) is 3.57. The van der Waals surface area contributed by atoms with Crippen LogP contribution in [0.15, 0.2) is 35.2 Å². The summed E-state index contributed by atoms with van der Waals surface area (Å²) in [6, 6.07) is 4.16. The highest BCUT2D eigenvalue weighted by atomic mass is 32.1. The average Bonchev–Trinajstić information content (AvgIpc) is 3.12. The molecule has 0 saturated carbocycles. The molecule has 2 rings (SSSR count). The maximum absolute atomic E-state index is 12.0. The van der Waals surface area contributed by atoms with Crippen LogP contribution in [0.2, 0.25) is 0 Å². The Morgan fingerprint density at radius 2 is 1.92 bits per heavy atom. The summed E-state index contributed by atoms with van der Waals surface area (Å²) in [4.78, 5) is 39.5. The van der Waals surface area contributed by atoms with Gasteiger partial charge >= 0.3 is 11.9 Å². The smallest absolute Gasteiger partial charge is 0.339 e. The summed E-state index contributed by atoms with van der Waals surface area (Å²) in [5, 5.41) is 4.33. The van der Waals surface area contributed by atoms with Gasteiger partial charge in [0.15, 0.2) is 0 Å². The van der Waals surface area contributed by atoms with E-state index in [1.807, 2.05) is 0 Å². The van der Waals surface area contributed by atoms with Crippen molar-refractivity contribution in [3.8, 4) is 0 Å². The lowest BCUT2D eigenvalue weighted by Crippen LogP contribution is -2.14. The van der Waals surface area contributed by atoms with Crippen LogP contribution in [-0.2, 0) is 14.3 Å². The molecule has 7 nitrogen and oxygen atoms in total. The highest BCUT2D eigenvalue weighted by Crippen LogP contribution is 2.20. The van der Waals surface area contributed by atoms with E-state index in [0.717, 1.165) is 0 Å². The van der Waals surface area contributed by atoms with Crippen LogP contribution in [0.1, 0.15) is 26.4 Å². The number of nitrogens with zero attached hydrogens (tertiary/aromatic N) is 1. The van der Waals surface area contributed by atoms with Gasteiger partial charge in [0.1, 0.15) is 0 Å². The first-order valence-electron chi connectivity index (χ1n) is 6.73. The standard InChI is InChI=1S/C16H14N2O5S/c1-22-15(20)10-3-5-12(16(21)23-2)13(7-10)18-14(19)6-4-11-8-24-9-17-11/h3-9H,1-2H3,(H,18,19)/b6-4+. The van der Waals surface area contributed by atoms with Crippen LogP contribution in [0.25, 0.3) is 6.08 Å². The number of hydrogen-bond donors (Lipinski definition) is 1. The van der Waals surface area contributed by atoms with Gasteiger partial charge in [-0.15, -0.1) is 11.3 Å². The molecule has 1 N–H and O–H groups in total. The SMILES string of the molecule is COC(=O)c1ccc(C(=O)OC)c(NC(=O)/C=C/c2cscn2)c1. The normalized spacial score (nSPS) is 10.4. The minimum absolute atomic E-state index is 0.126. The van der Waals surface area contributed by atoms with Gasteiger partial charge in [-0.3, -0.25) is 4.79 Å². The van der Waals surface area contributed by atoms with Gasteiger partial charge < -0.3 is 14.8 Å². The highest BCUT2D eigenvalue weighted by molar-refractivity contribution is 7.07. The minimum atomic E-state index is -0.634. The van der Waals surface area contributed by atoms with Gasteiger partial charge in [-0.25, -0.2) is 14.6 Å². The van der Waals surface area contributed by atoms with Crippen LogP contribution in [0.3, 0.4) is 0 Å². The lowest BCUT2D eigenvalue weighted by molar-refractivity contribution is -0.111. The topological polar surface area (TPSA) is 94.6 Å². The Labute approximate surface area is 141 Å². The molecule has 0 unspecified atom stereocenters. The largest absolute Gasteiger partial charge is 0.465 e. The zero-order chi connectivity index (χ0) is 17.5. The minimum Gasteiger partial charge on any atom is -0.465 e. The van der Waals surface area contributed by atoms with E-state index >= 15 is 0 Å². The molecule has 8 heteroatoms. The Kier molecular flexibility index (Phi) is 5.80. The number of hydrogen-bond acceptors (Lipinski definition) is 7. The third kappa shape index (κ3) is 4.26. The Hall–Kier alpha value is -3.00. The van der Waals surface area contributed by atoms with E-state index in [4.69, 9.17) is 0 Å². The molecule has 0 aliphatic carbocycles. The molecule has 0 radical (unpaired) electrons. The third-order valence-electron chi connectivity index (χ3n) is 2.96. The van der Waals surface area contributed by atoms with E-state index in [2.05, 4.69) is 19.8 Å².